The number of allylic oxidation sites excluding steroid dienone is 2. The SMILES string of the molecule is CC(C)C1=CCCC(C(=O)OC(C)(C)C)C1. The lowest BCUT2D eigenvalue weighted by Gasteiger charge is -2.27. The molecular weight excluding hydrogens is 200 g/mol. The predicted octanol–water partition coefficient (Wildman–Crippen LogP) is 3.71. The molecule has 0 aromatic rings. The average molecular weight is 224 g/mol. The van der Waals surface area contributed by atoms with Crippen molar-refractivity contribution in [1.82, 2.24) is 0 Å². The lowest BCUT2D eigenvalue weighted by atomic mass is 9.84. The van der Waals surface area contributed by atoms with Gasteiger partial charge in [0.1, 0.15) is 5.60 Å². The zero-order valence-electron chi connectivity index (χ0n) is 11.2. The van der Waals surface area contributed by atoms with Crippen molar-refractivity contribution in [3.63, 3.8) is 0 Å². The highest BCUT2D eigenvalue weighted by atomic mass is 16.6. The van der Waals surface area contributed by atoms with Crippen LogP contribution in [0.1, 0.15) is 53.9 Å². The van der Waals surface area contributed by atoms with Gasteiger partial charge in [-0.3, -0.25) is 4.79 Å². The highest BCUT2D eigenvalue weighted by molar-refractivity contribution is 5.73. The van der Waals surface area contributed by atoms with Crippen LogP contribution in [0.5, 0.6) is 0 Å². The van der Waals surface area contributed by atoms with E-state index in [1.807, 2.05) is 20.8 Å². The van der Waals surface area contributed by atoms with Crippen molar-refractivity contribution in [3.05, 3.63) is 11.6 Å². The maximum Gasteiger partial charge on any atom is 0.309 e. The minimum atomic E-state index is -0.365. The quantitative estimate of drug-likeness (QED) is 0.528. The van der Waals surface area contributed by atoms with E-state index in [2.05, 4.69) is 19.9 Å². The smallest absolute Gasteiger partial charge is 0.309 e. The molecule has 16 heavy (non-hydrogen) atoms. The number of carbonyl (C=O) groups excluding carboxylic acids is 1. The number of hydrogen-bond acceptors (Lipinski definition) is 2. The Morgan fingerprint density at radius 1 is 1.44 bits per heavy atom. The van der Waals surface area contributed by atoms with Crippen molar-refractivity contribution in [1.29, 1.82) is 0 Å². The van der Waals surface area contributed by atoms with Crippen LogP contribution in [0.15, 0.2) is 11.6 Å². The summed E-state index contributed by atoms with van der Waals surface area (Å²) in [6, 6.07) is 0. The summed E-state index contributed by atoms with van der Waals surface area (Å²) in [4.78, 5) is 11.9. The zero-order valence-corrected chi connectivity index (χ0v) is 11.2. The second-order valence-corrected chi connectivity index (χ2v) is 5.95. The maximum absolute atomic E-state index is 11.9. The van der Waals surface area contributed by atoms with E-state index in [-0.39, 0.29) is 17.5 Å². The second kappa shape index (κ2) is 5.03. The van der Waals surface area contributed by atoms with Gasteiger partial charge in [-0.2, -0.15) is 0 Å². The molecule has 0 radical (unpaired) electrons. The summed E-state index contributed by atoms with van der Waals surface area (Å²) < 4.78 is 5.44. The van der Waals surface area contributed by atoms with Crippen LogP contribution in [-0.4, -0.2) is 11.6 Å². The summed E-state index contributed by atoms with van der Waals surface area (Å²) in [5, 5.41) is 0. The van der Waals surface area contributed by atoms with E-state index in [1.54, 1.807) is 0 Å². The van der Waals surface area contributed by atoms with Gasteiger partial charge < -0.3 is 4.74 Å². The summed E-state index contributed by atoms with van der Waals surface area (Å²) in [5.41, 5.74) is 1.04. The fourth-order valence-electron chi connectivity index (χ4n) is 2.00. The van der Waals surface area contributed by atoms with Gasteiger partial charge in [0.15, 0.2) is 0 Å². The average Bonchev–Trinajstić information content (AvgIpc) is 2.15. The van der Waals surface area contributed by atoms with Crippen LogP contribution < -0.4 is 0 Å². The van der Waals surface area contributed by atoms with Gasteiger partial charge >= 0.3 is 5.97 Å². The molecule has 0 heterocycles. The van der Waals surface area contributed by atoms with E-state index in [1.165, 1.54) is 5.57 Å². The Morgan fingerprint density at radius 3 is 2.56 bits per heavy atom. The van der Waals surface area contributed by atoms with E-state index in [9.17, 15) is 4.79 Å². The normalized spacial score (nSPS) is 21.9. The Morgan fingerprint density at radius 2 is 2.06 bits per heavy atom. The predicted molar refractivity (Wildman–Crippen MR) is 66.1 cm³/mol. The van der Waals surface area contributed by atoms with Gasteiger partial charge in [-0.1, -0.05) is 25.5 Å². The van der Waals surface area contributed by atoms with Crippen LogP contribution in [0, 0.1) is 11.8 Å². The molecule has 0 spiro atoms. The molecule has 0 N–H and O–H groups in total. The topological polar surface area (TPSA) is 26.3 Å². The van der Waals surface area contributed by atoms with E-state index in [0.29, 0.717) is 5.92 Å². The molecule has 0 fully saturated rings. The van der Waals surface area contributed by atoms with E-state index < -0.39 is 0 Å². The van der Waals surface area contributed by atoms with Gasteiger partial charge in [-0.15, -0.1) is 0 Å². The molecular formula is C14H24O2. The first-order valence-corrected chi connectivity index (χ1v) is 6.21. The van der Waals surface area contributed by atoms with E-state index in [0.717, 1.165) is 19.3 Å². The van der Waals surface area contributed by atoms with Crippen LogP contribution in [-0.2, 0) is 9.53 Å². The third-order valence-electron chi connectivity index (χ3n) is 2.89. The number of rotatable bonds is 2. The van der Waals surface area contributed by atoms with Crippen molar-refractivity contribution in [2.24, 2.45) is 11.8 Å². The van der Waals surface area contributed by atoms with Crippen molar-refractivity contribution in [3.8, 4) is 0 Å². The van der Waals surface area contributed by atoms with Crippen LogP contribution in [0.4, 0.5) is 0 Å². The van der Waals surface area contributed by atoms with Gasteiger partial charge in [-0.05, 0) is 46.0 Å². The first kappa shape index (κ1) is 13.3. The summed E-state index contributed by atoms with van der Waals surface area (Å²) in [5.74, 6) is 0.589. The molecule has 0 bridgehead atoms. The summed E-state index contributed by atoms with van der Waals surface area (Å²) in [6.45, 7) is 10.1. The standard InChI is InChI=1S/C14H24O2/c1-10(2)11-7-6-8-12(9-11)13(15)16-14(3,4)5/h7,10,12H,6,8-9H2,1-5H3. The van der Waals surface area contributed by atoms with Crippen LogP contribution in [0.2, 0.25) is 0 Å². The second-order valence-electron chi connectivity index (χ2n) is 5.95. The van der Waals surface area contributed by atoms with E-state index in [4.69, 9.17) is 4.74 Å². The number of ether oxygens (including phenoxy) is 1. The van der Waals surface area contributed by atoms with Gasteiger partial charge in [0.25, 0.3) is 0 Å². The first-order valence-electron chi connectivity index (χ1n) is 6.21. The lowest BCUT2D eigenvalue weighted by molar-refractivity contribution is -0.160. The molecule has 1 rings (SSSR count). The number of hydrogen-bond donors (Lipinski definition) is 0. The van der Waals surface area contributed by atoms with Crippen molar-refractivity contribution in [2.75, 3.05) is 0 Å². The summed E-state index contributed by atoms with van der Waals surface area (Å²) in [7, 11) is 0. The molecule has 0 amide bonds. The molecule has 0 aliphatic heterocycles. The van der Waals surface area contributed by atoms with Crippen LogP contribution >= 0.6 is 0 Å². The van der Waals surface area contributed by atoms with Gasteiger partial charge in [-0.25, -0.2) is 0 Å². The Hall–Kier alpha value is -0.790. The third kappa shape index (κ3) is 3.99. The number of carbonyl (C=O) groups is 1. The van der Waals surface area contributed by atoms with Gasteiger partial charge in [0.2, 0.25) is 0 Å². The fraction of sp³-hybridized carbons (Fsp3) is 0.786. The molecule has 1 aliphatic rings. The molecule has 0 aromatic heterocycles. The maximum atomic E-state index is 11.9. The Labute approximate surface area is 99.1 Å². The highest BCUT2D eigenvalue weighted by Crippen LogP contribution is 2.30. The Bertz CT molecular complexity index is 282. The highest BCUT2D eigenvalue weighted by Gasteiger charge is 2.27. The molecule has 92 valence electrons. The molecule has 1 aliphatic carbocycles. The summed E-state index contributed by atoms with van der Waals surface area (Å²) >= 11 is 0. The lowest BCUT2D eigenvalue weighted by Crippen LogP contribution is -2.30. The van der Waals surface area contributed by atoms with Crippen molar-refractivity contribution >= 4 is 5.97 Å². The molecule has 2 nitrogen and oxygen atoms in total. The molecule has 1 atom stereocenters. The summed E-state index contributed by atoms with van der Waals surface area (Å²) in [6.07, 6.45) is 5.11. The first-order chi connectivity index (χ1) is 7.29. The van der Waals surface area contributed by atoms with Gasteiger partial charge in [0.05, 0.1) is 5.92 Å². The van der Waals surface area contributed by atoms with Crippen molar-refractivity contribution in [2.45, 2.75) is 59.5 Å². The zero-order chi connectivity index (χ0) is 12.3. The molecule has 0 saturated carbocycles. The minimum absolute atomic E-state index is 0.0289. The Kier molecular flexibility index (Phi) is 4.17. The van der Waals surface area contributed by atoms with Crippen molar-refractivity contribution < 1.29 is 9.53 Å². The molecule has 0 saturated heterocycles. The van der Waals surface area contributed by atoms with Crippen LogP contribution in [0.3, 0.4) is 0 Å². The third-order valence-corrected chi connectivity index (χ3v) is 2.89. The van der Waals surface area contributed by atoms with Crippen LogP contribution in [0.25, 0.3) is 0 Å². The Balaban J connectivity index is 2.57. The van der Waals surface area contributed by atoms with Gasteiger partial charge in [0, 0.05) is 0 Å². The minimum Gasteiger partial charge on any atom is -0.460 e. The number of esters is 1. The fourth-order valence-corrected chi connectivity index (χ4v) is 2.00. The largest absolute Gasteiger partial charge is 0.460 e. The molecule has 1 unspecified atom stereocenters. The van der Waals surface area contributed by atoms with E-state index >= 15 is 0 Å². The monoisotopic (exact) mass is 224 g/mol. The molecule has 0 aromatic carbocycles. The molecule has 2 heteroatoms.